The minimum absolute atomic E-state index is 0.0688. The van der Waals surface area contributed by atoms with Gasteiger partial charge in [0.2, 0.25) is 0 Å². The second kappa shape index (κ2) is 6.41. The first-order chi connectivity index (χ1) is 7.95. The molecule has 0 fully saturated rings. The van der Waals surface area contributed by atoms with E-state index in [0.717, 1.165) is 17.6 Å². The van der Waals surface area contributed by atoms with Crippen molar-refractivity contribution in [3.05, 3.63) is 28.2 Å². The van der Waals surface area contributed by atoms with E-state index in [1.165, 1.54) is 11.3 Å². The molecule has 0 aliphatic heterocycles. The van der Waals surface area contributed by atoms with Crippen molar-refractivity contribution in [2.75, 3.05) is 18.0 Å². The second-order valence-electron chi connectivity index (χ2n) is 4.92. The summed E-state index contributed by atoms with van der Waals surface area (Å²) >= 11 is 3.54. The van der Waals surface area contributed by atoms with E-state index in [-0.39, 0.29) is 6.04 Å². The maximum atomic E-state index is 6.05. The molecular formula is C14H23BrN2. The van der Waals surface area contributed by atoms with Crippen LogP contribution in [0.1, 0.15) is 39.3 Å². The summed E-state index contributed by atoms with van der Waals surface area (Å²) in [6, 6.07) is 6.42. The van der Waals surface area contributed by atoms with Crippen molar-refractivity contribution >= 4 is 21.6 Å². The van der Waals surface area contributed by atoms with E-state index < -0.39 is 0 Å². The largest absolute Gasteiger partial charge is 0.371 e. The monoisotopic (exact) mass is 298 g/mol. The fourth-order valence-electron chi connectivity index (χ4n) is 2.01. The van der Waals surface area contributed by atoms with Crippen molar-refractivity contribution in [3.63, 3.8) is 0 Å². The van der Waals surface area contributed by atoms with E-state index in [2.05, 4.69) is 59.8 Å². The molecule has 0 aromatic heterocycles. The molecule has 0 heterocycles. The van der Waals surface area contributed by atoms with Crippen LogP contribution in [0.3, 0.4) is 0 Å². The van der Waals surface area contributed by atoms with Gasteiger partial charge in [0.15, 0.2) is 0 Å². The number of anilines is 1. The Morgan fingerprint density at radius 1 is 1.29 bits per heavy atom. The lowest BCUT2D eigenvalue weighted by molar-refractivity contribution is 0.615. The summed E-state index contributed by atoms with van der Waals surface area (Å²) < 4.78 is 1.11. The van der Waals surface area contributed by atoms with E-state index in [9.17, 15) is 0 Å². The molecule has 0 saturated carbocycles. The topological polar surface area (TPSA) is 29.3 Å². The van der Waals surface area contributed by atoms with Gasteiger partial charge in [0.25, 0.3) is 0 Å². The highest BCUT2D eigenvalue weighted by Gasteiger charge is 2.14. The molecule has 0 aliphatic rings. The molecular weight excluding hydrogens is 276 g/mol. The minimum Gasteiger partial charge on any atom is -0.371 e. The van der Waals surface area contributed by atoms with Crippen molar-refractivity contribution in [2.45, 2.75) is 33.7 Å². The average molecular weight is 299 g/mol. The van der Waals surface area contributed by atoms with Crippen LogP contribution in [-0.2, 0) is 0 Å². The number of benzene rings is 1. The van der Waals surface area contributed by atoms with Gasteiger partial charge in [0, 0.05) is 29.3 Å². The zero-order chi connectivity index (χ0) is 13.0. The number of nitrogens with two attached hydrogens (primary N) is 1. The highest BCUT2D eigenvalue weighted by Crippen LogP contribution is 2.29. The van der Waals surface area contributed by atoms with E-state index in [1.54, 1.807) is 0 Å². The van der Waals surface area contributed by atoms with E-state index >= 15 is 0 Å². The molecule has 1 aromatic rings. The van der Waals surface area contributed by atoms with E-state index in [1.807, 2.05) is 6.92 Å². The van der Waals surface area contributed by atoms with Crippen molar-refractivity contribution in [1.29, 1.82) is 0 Å². The molecule has 1 unspecified atom stereocenters. The van der Waals surface area contributed by atoms with Crippen LogP contribution in [0.15, 0.2) is 22.7 Å². The molecule has 1 atom stereocenters. The van der Waals surface area contributed by atoms with Crippen molar-refractivity contribution in [2.24, 2.45) is 11.7 Å². The molecule has 1 rings (SSSR count). The van der Waals surface area contributed by atoms with Gasteiger partial charge in [0.1, 0.15) is 0 Å². The van der Waals surface area contributed by atoms with Crippen LogP contribution >= 0.6 is 15.9 Å². The molecule has 96 valence electrons. The normalized spacial score (nSPS) is 12.9. The maximum absolute atomic E-state index is 6.05. The predicted octanol–water partition coefficient (Wildman–Crippen LogP) is 3.95. The first-order valence-corrected chi connectivity index (χ1v) is 7.05. The fourth-order valence-corrected chi connectivity index (χ4v) is 2.36. The molecule has 1 aromatic carbocycles. The summed E-state index contributed by atoms with van der Waals surface area (Å²) in [7, 11) is 0. The van der Waals surface area contributed by atoms with Crippen LogP contribution in [0.5, 0.6) is 0 Å². The molecule has 0 saturated heterocycles. The van der Waals surface area contributed by atoms with E-state index in [0.29, 0.717) is 5.92 Å². The Morgan fingerprint density at radius 2 is 1.94 bits per heavy atom. The van der Waals surface area contributed by atoms with Crippen molar-refractivity contribution in [1.82, 2.24) is 0 Å². The third-order valence-electron chi connectivity index (χ3n) is 2.79. The van der Waals surface area contributed by atoms with Crippen LogP contribution in [0.2, 0.25) is 0 Å². The Kier molecular flexibility index (Phi) is 5.47. The lowest BCUT2D eigenvalue weighted by atomic mass is 10.0. The molecule has 0 amide bonds. The highest BCUT2D eigenvalue weighted by molar-refractivity contribution is 9.10. The quantitative estimate of drug-likeness (QED) is 0.892. The van der Waals surface area contributed by atoms with Gasteiger partial charge in [-0.15, -0.1) is 0 Å². The van der Waals surface area contributed by atoms with Gasteiger partial charge in [0.05, 0.1) is 0 Å². The summed E-state index contributed by atoms with van der Waals surface area (Å²) in [5.74, 6) is 0.648. The van der Waals surface area contributed by atoms with Crippen LogP contribution in [0, 0.1) is 5.92 Å². The summed E-state index contributed by atoms with van der Waals surface area (Å²) in [6.45, 7) is 10.8. The first-order valence-electron chi connectivity index (χ1n) is 6.25. The van der Waals surface area contributed by atoms with Gasteiger partial charge in [-0.05, 0) is 37.5 Å². The zero-order valence-electron chi connectivity index (χ0n) is 11.2. The minimum atomic E-state index is 0.0688. The first kappa shape index (κ1) is 14.5. The van der Waals surface area contributed by atoms with Gasteiger partial charge in [-0.3, -0.25) is 0 Å². The standard InChI is InChI=1S/C14H23BrN2/c1-5-17(9-10(2)3)14-8-12(15)6-7-13(14)11(4)16/h6-8,10-11H,5,9,16H2,1-4H3. The van der Waals surface area contributed by atoms with E-state index in [4.69, 9.17) is 5.73 Å². The van der Waals surface area contributed by atoms with Gasteiger partial charge in [-0.2, -0.15) is 0 Å². The van der Waals surface area contributed by atoms with Crippen LogP contribution < -0.4 is 10.6 Å². The van der Waals surface area contributed by atoms with Crippen LogP contribution in [0.25, 0.3) is 0 Å². The third-order valence-corrected chi connectivity index (χ3v) is 3.28. The van der Waals surface area contributed by atoms with Crippen molar-refractivity contribution < 1.29 is 0 Å². The second-order valence-corrected chi connectivity index (χ2v) is 5.84. The number of hydrogen-bond donors (Lipinski definition) is 1. The van der Waals surface area contributed by atoms with Gasteiger partial charge >= 0.3 is 0 Å². The smallest absolute Gasteiger partial charge is 0.0425 e. The zero-order valence-corrected chi connectivity index (χ0v) is 12.8. The van der Waals surface area contributed by atoms with Gasteiger partial charge in [-0.1, -0.05) is 35.8 Å². The SMILES string of the molecule is CCN(CC(C)C)c1cc(Br)ccc1C(C)N. The fraction of sp³-hybridized carbons (Fsp3) is 0.571. The number of hydrogen-bond acceptors (Lipinski definition) is 2. The summed E-state index contributed by atoms with van der Waals surface area (Å²) in [5.41, 5.74) is 8.52. The average Bonchev–Trinajstić information content (AvgIpc) is 2.25. The third kappa shape index (κ3) is 4.00. The molecule has 17 heavy (non-hydrogen) atoms. The molecule has 2 N–H and O–H groups in total. The molecule has 0 spiro atoms. The lowest BCUT2D eigenvalue weighted by Gasteiger charge is -2.28. The lowest BCUT2D eigenvalue weighted by Crippen LogP contribution is -2.29. The maximum Gasteiger partial charge on any atom is 0.0425 e. The van der Waals surface area contributed by atoms with Crippen LogP contribution in [-0.4, -0.2) is 13.1 Å². The Bertz CT molecular complexity index is 361. The highest BCUT2D eigenvalue weighted by atomic mass is 79.9. The molecule has 0 bridgehead atoms. The molecule has 2 nitrogen and oxygen atoms in total. The number of rotatable bonds is 5. The van der Waals surface area contributed by atoms with Crippen LogP contribution in [0.4, 0.5) is 5.69 Å². The number of halogens is 1. The van der Waals surface area contributed by atoms with Crippen molar-refractivity contribution in [3.8, 4) is 0 Å². The van der Waals surface area contributed by atoms with Gasteiger partial charge in [-0.25, -0.2) is 0 Å². The number of nitrogens with zero attached hydrogens (tertiary/aromatic N) is 1. The summed E-state index contributed by atoms with van der Waals surface area (Å²) in [5, 5.41) is 0. The summed E-state index contributed by atoms with van der Waals surface area (Å²) in [6.07, 6.45) is 0. The Hall–Kier alpha value is -0.540. The molecule has 0 aliphatic carbocycles. The Balaban J connectivity index is 3.11. The summed E-state index contributed by atoms with van der Waals surface area (Å²) in [4.78, 5) is 2.40. The molecule has 0 radical (unpaired) electrons. The predicted molar refractivity (Wildman–Crippen MR) is 79.5 cm³/mol. The molecule has 3 heteroatoms. The Morgan fingerprint density at radius 3 is 2.41 bits per heavy atom. The van der Waals surface area contributed by atoms with Gasteiger partial charge < -0.3 is 10.6 Å². The Labute approximate surface area is 113 Å².